The molecule has 3 nitrogen and oxygen atoms in total. The van der Waals surface area contributed by atoms with E-state index in [1.807, 2.05) is 11.3 Å². The van der Waals surface area contributed by atoms with Crippen molar-refractivity contribution in [2.75, 3.05) is 25.0 Å². The number of aryl methyl sites for hydroxylation is 1. The van der Waals surface area contributed by atoms with Crippen molar-refractivity contribution >= 4 is 16.5 Å². The maximum atomic E-state index is 4.78. The standard InChI is InChI=1S/C16H29N3S/c1-5-17-12(2)15-13(3)18-16(20-15)19(4)11-14-9-7-6-8-10-14/h12,14,17H,5-11H2,1-4H3. The van der Waals surface area contributed by atoms with Crippen LogP contribution in [0.25, 0.3) is 0 Å². The van der Waals surface area contributed by atoms with E-state index in [4.69, 9.17) is 4.98 Å². The molecule has 1 N–H and O–H groups in total. The van der Waals surface area contributed by atoms with Crippen molar-refractivity contribution in [3.05, 3.63) is 10.6 Å². The molecule has 0 spiro atoms. The molecule has 1 atom stereocenters. The first-order valence-corrected chi connectivity index (χ1v) is 8.85. The minimum atomic E-state index is 0.411. The van der Waals surface area contributed by atoms with Crippen LogP contribution in [0.5, 0.6) is 0 Å². The highest BCUT2D eigenvalue weighted by Gasteiger charge is 2.19. The van der Waals surface area contributed by atoms with Crippen molar-refractivity contribution < 1.29 is 0 Å². The summed E-state index contributed by atoms with van der Waals surface area (Å²) < 4.78 is 0. The number of aromatic nitrogens is 1. The highest BCUT2D eigenvalue weighted by Crippen LogP contribution is 2.32. The van der Waals surface area contributed by atoms with Gasteiger partial charge in [-0.2, -0.15) is 0 Å². The zero-order valence-electron chi connectivity index (χ0n) is 13.4. The maximum absolute atomic E-state index is 4.78. The molecule has 114 valence electrons. The fraction of sp³-hybridized carbons (Fsp3) is 0.812. The van der Waals surface area contributed by atoms with Crippen molar-refractivity contribution in [2.24, 2.45) is 5.92 Å². The molecule has 0 saturated heterocycles. The number of nitrogens with zero attached hydrogens (tertiary/aromatic N) is 2. The Hall–Kier alpha value is -0.610. The molecule has 20 heavy (non-hydrogen) atoms. The summed E-state index contributed by atoms with van der Waals surface area (Å²) in [5.74, 6) is 0.868. The van der Waals surface area contributed by atoms with Gasteiger partial charge in [0.05, 0.1) is 5.69 Å². The van der Waals surface area contributed by atoms with Crippen molar-refractivity contribution in [1.82, 2.24) is 10.3 Å². The SMILES string of the molecule is CCNC(C)c1sc(N(C)CC2CCCCC2)nc1C. The van der Waals surface area contributed by atoms with Gasteiger partial charge in [-0.1, -0.05) is 26.2 Å². The molecule has 1 aliphatic rings. The average molecular weight is 295 g/mol. The van der Waals surface area contributed by atoms with Gasteiger partial charge in [0.1, 0.15) is 0 Å². The van der Waals surface area contributed by atoms with Gasteiger partial charge in [0.15, 0.2) is 5.13 Å². The molecule has 1 unspecified atom stereocenters. The molecular weight excluding hydrogens is 266 g/mol. The van der Waals surface area contributed by atoms with Crippen molar-refractivity contribution in [1.29, 1.82) is 0 Å². The van der Waals surface area contributed by atoms with E-state index in [0.29, 0.717) is 6.04 Å². The number of nitrogens with one attached hydrogen (secondary N) is 1. The quantitative estimate of drug-likeness (QED) is 0.855. The van der Waals surface area contributed by atoms with Crippen LogP contribution in [0.3, 0.4) is 0 Å². The van der Waals surface area contributed by atoms with E-state index in [2.05, 4.69) is 38.0 Å². The maximum Gasteiger partial charge on any atom is 0.185 e. The number of anilines is 1. The van der Waals surface area contributed by atoms with Crippen LogP contribution in [-0.2, 0) is 0 Å². The second-order valence-corrected chi connectivity index (χ2v) is 7.12. The summed E-state index contributed by atoms with van der Waals surface area (Å²) in [5.41, 5.74) is 1.19. The Kier molecular flexibility index (Phi) is 5.85. The second kappa shape index (κ2) is 7.41. The van der Waals surface area contributed by atoms with Gasteiger partial charge < -0.3 is 10.2 Å². The smallest absolute Gasteiger partial charge is 0.185 e. The summed E-state index contributed by atoms with van der Waals surface area (Å²) in [4.78, 5) is 8.54. The van der Waals surface area contributed by atoms with Crippen LogP contribution in [0.1, 0.15) is 62.6 Å². The third kappa shape index (κ3) is 3.95. The van der Waals surface area contributed by atoms with Crippen molar-refractivity contribution in [2.45, 2.75) is 58.9 Å². The molecule has 0 amide bonds. The third-order valence-electron chi connectivity index (χ3n) is 4.31. The average Bonchev–Trinajstić information content (AvgIpc) is 2.82. The Bertz CT molecular complexity index is 410. The topological polar surface area (TPSA) is 28.2 Å². The molecule has 0 bridgehead atoms. The van der Waals surface area contributed by atoms with Crippen LogP contribution >= 0.6 is 11.3 Å². The number of hydrogen-bond acceptors (Lipinski definition) is 4. The number of hydrogen-bond donors (Lipinski definition) is 1. The Balaban J connectivity index is 1.99. The van der Waals surface area contributed by atoms with Crippen LogP contribution in [0.2, 0.25) is 0 Å². The lowest BCUT2D eigenvalue weighted by atomic mass is 9.89. The largest absolute Gasteiger partial charge is 0.351 e. The monoisotopic (exact) mass is 295 g/mol. The fourth-order valence-electron chi connectivity index (χ4n) is 3.19. The lowest BCUT2D eigenvalue weighted by molar-refractivity contribution is 0.362. The van der Waals surface area contributed by atoms with E-state index in [9.17, 15) is 0 Å². The number of thiazole rings is 1. The van der Waals surface area contributed by atoms with Crippen LogP contribution < -0.4 is 10.2 Å². The molecule has 1 saturated carbocycles. The predicted molar refractivity (Wildman–Crippen MR) is 88.8 cm³/mol. The lowest BCUT2D eigenvalue weighted by Gasteiger charge is -2.26. The highest BCUT2D eigenvalue weighted by atomic mass is 32.1. The summed E-state index contributed by atoms with van der Waals surface area (Å²) in [5, 5.41) is 4.68. The summed E-state index contributed by atoms with van der Waals surface area (Å²) in [6.07, 6.45) is 7.06. The fourth-order valence-corrected chi connectivity index (χ4v) is 4.26. The molecule has 1 aromatic rings. The zero-order chi connectivity index (χ0) is 14.5. The van der Waals surface area contributed by atoms with Crippen molar-refractivity contribution in [3.63, 3.8) is 0 Å². The highest BCUT2D eigenvalue weighted by molar-refractivity contribution is 7.15. The summed E-state index contributed by atoms with van der Waals surface area (Å²) in [7, 11) is 2.20. The van der Waals surface area contributed by atoms with E-state index in [-0.39, 0.29) is 0 Å². The molecule has 0 aliphatic heterocycles. The van der Waals surface area contributed by atoms with E-state index in [0.717, 1.165) is 12.5 Å². The van der Waals surface area contributed by atoms with E-state index >= 15 is 0 Å². The molecule has 1 heterocycles. The molecular formula is C16H29N3S. The van der Waals surface area contributed by atoms with Gasteiger partial charge in [-0.15, -0.1) is 11.3 Å². The van der Waals surface area contributed by atoms with Gasteiger partial charge in [-0.25, -0.2) is 4.98 Å². The molecule has 1 aromatic heterocycles. The van der Waals surface area contributed by atoms with Gasteiger partial charge in [0.25, 0.3) is 0 Å². The Morgan fingerprint density at radius 3 is 2.70 bits per heavy atom. The zero-order valence-corrected chi connectivity index (χ0v) is 14.2. The molecule has 0 radical (unpaired) electrons. The van der Waals surface area contributed by atoms with Crippen LogP contribution in [0, 0.1) is 12.8 Å². The first-order valence-electron chi connectivity index (χ1n) is 8.03. The molecule has 1 fully saturated rings. The predicted octanol–water partition coefficient (Wildman–Crippen LogP) is 4.14. The Morgan fingerprint density at radius 1 is 1.35 bits per heavy atom. The number of rotatable bonds is 6. The molecule has 2 rings (SSSR count). The van der Waals surface area contributed by atoms with Gasteiger partial charge in [-0.3, -0.25) is 0 Å². The normalized spacial score (nSPS) is 18.2. The van der Waals surface area contributed by atoms with Crippen LogP contribution in [-0.4, -0.2) is 25.1 Å². The van der Waals surface area contributed by atoms with Crippen molar-refractivity contribution in [3.8, 4) is 0 Å². The minimum absolute atomic E-state index is 0.411. The first kappa shape index (κ1) is 15.8. The molecule has 0 aromatic carbocycles. The van der Waals surface area contributed by atoms with Gasteiger partial charge >= 0.3 is 0 Å². The van der Waals surface area contributed by atoms with Gasteiger partial charge in [0.2, 0.25) is 0 Å². The second-order valence-electron chi connectivity index (χ2n) is 6.11. The van der Waals surface area contributed by atoms with Crippen LogP contribution in [0.4, 0.5) is 5.13 Å². The van der Waals surface area contributed by atoms with E-state index in [1.165, 1.54) is 54.4 Å². The van der Waals surface area contributed by atoms with E-state index < -0.39 is 0 Å². The summed E-state index contributed by atoms with van der Waals surface area (Å²) >= 11 is 1.86. The molecule has 4 heteroatoms. The van der Waals surface area contributed by atoms with E-state index in [1.54, 1.807) is 0 Å². The van der Waals surface area contributed by atoms with Crippen LogP contribution in [0.15, 0.2) is 0 Å². The Morgan fingerprint density at radius 2 is 2.05 bits per heavy atom. The lowest BCUT2D eigenvalue weighted by Crippen LogP contribution is -2.26. The first-order chi connectivity index (χ1) is 9.61. The summed E-state index contributed by atoms with van der Waals surface area (Å²) in [6, 6.07) is 0.411. The summed E-state index contributed by atoms with van der Waals surface area (Å²) in [6.45, 7) is 8.70. The third-order valence-corrected chi connectivity index (χ3v) is 5.76. The molecule has 1 aliphatic carbocycles. The van der Waals surface area contributed by atoms with Gasteiger partial charge in [0, 0.05) is 24.5 Å². The Labute approximate surface area is 127 Å². The van der Waals surface area contributed by atoms with Gasteiger partial charge in [-0.05, 0) is 39.2 Å². The minimum Gasteiger partial charge on any atom is -0.351 e.